The minimum atomic E-state index is -4.88. The highest BCUT2D eigenvalue weighted by molar-refractivity contribution is 6.45. The molecule has 2 amide bonds. The lowest BCUT2D eigenvalue weighted by atomic mass is 10.0. The van der Waals surface area contributed by atoms with Gasteiger partial charge < -0.3 is 14.4 Å². The molecule has 0 aliphatic carbocycles. The number of carbonyl (C=O) groups is 2. The Morgan fingerprint density at radius 1 is 0.900 bits per heavy atom. The summed E-state index contributed by atoms with van der Waals surface area (Å²) in [6.45, 7) is 1.66. The van der Waals surface area contributed by atoms with Gasteiger partial charge in [-0.05, 0) is 17.7 Å². The van der Waals surface area contributed by atoms with Crippen LogP contribution in [-0.2, 0) is 14.3 Å². The Hall–Kier alpha value is -3.33. The summed E-state index contributed by atoms with van der Waals surface area (Å²) in [5, 5.41) is 0. The lowest BCUT2D eigenvalue weighted by molar-refractivity contribution is -0.274. The Bertz CT molecular complexity index is 999. The maximum Gasteiger partial charge on any atom is 0.573 e. The Labute approximate surface area is 170 Å². The Morgan fingerprint density at radius 2 is 1.60 bits per heavy atom. The lowest BCUT2D eigenvalue weighted by Gasteiger charge is -2.29. The average molecular weight is 418 g/mol. The number of rotatable bonds is 4. The molecule has 2 heterocycles. The number of imide groups is 1. The van der Waals surface area contributed by atoms with E-state index in [1.165, 1.54) is 12.1 Å². The van der Waals surface area contributed by atoms with Gasteiger partial charge in [-0.25, -0.2) is 4.90 Å². The number of benzene rings is 2. The number of carbonyl (C=O) groups excluding carboxylic acids is 2. The van der Waals surface area contributed by atoms with Crippen molar-refractivity contribution in [3.63, 3.8) is 0 Å². The van der Waals surface area contributed by atoms with Gasteiger partial charge in [0.25, 0.3) is 11.8 Å². The smallest absolute Gasteiger partial charge is 0.406 e. The minimum absolute atomic E-state index is 0.00319. The molecule has 156 valence electrons. The first-order valence-corrected chi connectivity index (χ1v) is 9.22. The summed E-state index contributed by atoms with van der Waals surface area (Å²) >= 11 is 0. The van der Waals surface area contributed by atoms with Gasteiger partial charge in [-0.1, -0.05) is 36.4 Å². The van der Waals surface area contributed by atoms with Crippen molar-refractivity contribution >= 4 is 23.1 Å². The van der Waals surface area contributed by atoms with E-state index in [0.29, 0.717) is 31.9 Å². The predicted molar refractivity (Wildman–Crippen MR) is 101 cm³/mol. The molecular weight excluding hydrogens is 401 g/mol. The van der Waals surface area contributed by atoms with E-state index in [1.54, 1.807) is 35.2 Å². The van der Waals surface area contributed by atoms with Crippen LogP contribution in [0, 0.1) is 0 Å². The van der Waals surface area contributed by atoms with Crippen molar-refractivity contribution < 1.29 is 32.2 Å². The average Bonchev–Trinajstić information content (AvgIpc) is 2.98. The van der Waals surface area contributed by atoms with Crippen LogP contribution in [-0.4, -0.2) is 49.4 Å². The Balaban J connectivity index is 1.75. The summed E-state index contributed by atoms with van der Waals surface area (Å²) in [4.78, 5) is 29.3. The number of halogens is 3. The number of nitrogens with zero attached hydrogens (tertiary/aromatic N) is 2. The van der Waals surface area contributed by atoms with Crippen LogP contribution in [0.15, 0.2) is 60.3 Å². The van der Waals surface area contributed by atoms with Gasteiger partial charge in [0.15, 0.2) is 0 Å². The van der Waals surface area contributed by atoms with Gasteiger partial charge in [0.1, 0.15) is 11.4 Å². The summed E-state index contributed by atoms with van der Waals surface area (Å²) < 4.78 is 47.1. The van der Waals surface area contributed by atoms with Crippen molar-refractivity contribution in [2.75, 3.05) is 31.2 Å². The number of amides is 2. The zero-order chi connectivity index (χ0) is 21.3. The number of alkyl halides is 3. The molecule has 2 aliphatic heterocycles. The van der Waals surface area contributed by atoms with Crippen LogP contribution >= 0.6 is 0 Å². The summed E-state index contributed by atoms with van der Waals surface area (Å²) in [5.74, 6) is -1.71. The van der Waals surface area contributed by atoms with E-state index in [0.717, 1.165) is 17.0 Å². The fraction of sp³-hybridized carbons (Fsp3) is 0.238. The Morgan fingerprint density at radius 3 is 2.27 bits per heavy atom. The van der Waals surface area contributed by atoms with E-state index >= 15 is 0 Å². The third-order valence-electron chi connectivity index (χ3n) is 4.76. The van der Waals surface area contributed by atoms with Crippen LogP contribution in [0.5, 0.6) is 5.75 Å². The molecule has 0 saturated carbocycles. The number of anilines is 1. The van der Waals surface area contributed by atoms with E-state index in [1.807, 2.05) is 0 Å². The molecule has 2 aromatic carbocycles. The molecule has 2 aromatic rings. The zero-order valence-electron chi connectivity index (χ0n) is 15.7. The minimum Gasteiger partial charge on any atom is -0.406 e. The summed E-state index contributed by atoms with van der Waals surface area (Å²) in [5.41, 5.74) is 0.993. The molecule has 4 rings (SSSR count). The standard InChI is InChI=1S/C21H17F3N2O4/c22-21(23,24)30-16-8-4-7-15(13-16)26-19(27)17(14-5-2-1-3-6-14)18(20(26)28)25-9-11-29-12-10-25/h1-8,13H,9-12H2. The second-order valence-corrected chi connectivity index (χ2v) is 6.68. The van der Waals surface area contributed by atoms with Crippen molar-refractivity contribution in [3.05, 3.63) is 65.9 Å². The van der Waals surface area contributed by atoms with E-state index in [-0.39, 0.29) is 17.0 Å². The van der Waals surface area contributed by atoms with E-state index in [2.05, 4.69) is 4.74 Å². The highest BCUT2D eigenvalue weighted by Gasteiger charge is 2.43. The van der Waals surface area contributed by atoms with Gasteiger partial charge in [0, 0.05) is 19.2 Å². The maximum atomic E-state index is 13.3. The third kappa shape index (κ3) is 3.88. The molecule has 6 nitrogen and oxygen atoms in total. The van der Waals surface area contributed by atoms with Gasteiger partial charge in [0.05, 0.1) is 24.5 Å². The van der Waals surface area contributed by atoms with Crippen LogP contribution in [0.25, 0.3) is 5.57 Å². The van der Waals surface area contributed by atoms with Gasteiger partial charge >= 0.3 is 6.36 Å². The molecule has 0 N–H and O–H groups in total. The molecule has 30 heavy (non-hydrogen) atoms. The van der Waals surface area contributed by atoms with Crippen molar-refractivity contribution in [2.45, 2.75) is 6.36 Å². The van der Waals surface area contributed by atoms with Gasteiger partial charge in [-0.2, -0.15) is 0 Å². The summed E-state index contributed by atoms with van der Waals surface area (Å²) in [6.07, 6.45) is -4.88. The normalized spacial score (nSPS) is 17.7. The monoisotopic (exact) mass is 418 g/mol. The predicted octanol–water partition coefficient (Wildman–Crippen LogP) is 3.20. The van der Waals surface area contributed by atoms with Crippen LogP contribution in [0.4, 0.5) is 18.9 Å². The highest BCUT2D eigenvalue weighted by Crippen LogP contribution is 2.36. The molecule has 0 unspecified atom stereocenters. The van der Waals surface area contributed by atoms with Crippen LogP contribution in [0.1, 0.15) is 5.56 Å². The number of ether oxygens (including phenoxy) is 2. The Kier molecular flexibility index (Phi) is 5.21. The highest BCUT2D eigenvalue weighted by atomic mass is 19.4. The van der Waals surface area contributed by atoms with Crippen LogP contribution < -0.4 is 9.64 Å². The molecule has 0 atom stereocenters. The lowest BCUT2D eigenvalue weighted by Crippen LogP contribution is -2.40. The molecule has 0 spiro atoms. The van der Waals surface area contributed by atoms with E-state index in [4.69, 9.17) is 4.74 Å². The second-order valence-electron chi connectivity index (χ2n) is 6.68. The number of hydrogen-bond donors (Lipinski definition) is 0. The first kappa shape index (κ1) is 20.0. The van der Waals surface area contributed by atoms with Gasteiger partial charge in [0.2, 0.25) is 0 Å². The van der Waals surface area contributed by atoms with Gasteiger partial charge in [-0.15, -0.1) is 13.2 Å². The van der Waals surface area contributed by atoms with Crippen LogP contribution in [0.3, 0.4) is 0 Å². The van der Waals surface area contributed by atoms with Gasteiger partial charge in [-0.3, -0.25) is 9.59 Å². The quantitative estimate of drug-likeness (QED) is 0.714. The molecule has 1 saturated heterocycles. The van der Waals surface area contributed by atoms with Crippen molar-refractivity contribution in [3.8, 4) is 5.75 Å². The first-order valence-electron chi connectivity index (χ1n) is 9.22. The molecule has 0 bridgehead atoms. The topological polar surface area (TPSA) is 59.1 Å². The SMILES string of the molecule is O=C1C(c2ccccc2)=C(N2CCOCC2)C(=O)N1c1cccc(OC(F)(F)F)c1. The molecular formula is C21H17F3N2O4. The van der Waals surface area contributed by atoms with Crippen molar-refractivity contribution in [1.29, 1.82) is 0 Å². The number of hydrogen-bond acceptors (Lipinski definition) is 5. The number of morpholine rings is 1. The van der Waals surface area contributed by atoms with Crippen molar-refractivity contribution in [2.24, 2.45) is 0 Å². The maximum absolute atomic E-state index is 13.3. The van der Waals surface area contributed by atoms with E-state index < -0.39 is 23.9 Å². The molecule has 0 radical (unpaired) electrons. The summed E-state index contributed by atoms with van der Waals surface area (Å²) in [7, 11) is 0. The molecule has 0 aromatic heterocycles. The molecule has 2 aliphatic rings. The first-order chi connectivity index (χ1) is 14.3. The zero-order valence-corrected chi connectivity index (χ0v) is 15.7. The molecule has 9 heteroatoms. The second kappa shape index (κ2) is 7.83. The van der Waals surface area contributed by atoms with E-state index in [9.17, 15) is 22.8 Å². The fourth-order valence-corrected chi connectivity index (χ4v) is 3.52. The third-order valence-corrected chi connectivity index (χ3v) is 4.76. The summed E-state index contributed by atoms with van der Waals surface area (Å²) in [6, 6.07) is 13.5. The van der Waals surface area contributed by atoms with Crippen LogP contribution in [0.2, 0.25) is 0 Å². The largest absolute Gasteiger partial charge is 0.573 e. The van der Waals surface area contributed by atoms with Crippen molar-refractivity contribution in [1.82, 2.24) is 4.90 Å². The fourth-order valence-electron chi connectivity index (χ4n) is 3.52. The molecule has 1 fully saturated rings.